The van der Waals surface area contributed by atoms with Gasteiger partial charge in [0.2, 0.25) is 0 Å². The van der Waals surface area contributed by atoms with Gasteiger partial charge in [0.25, 0.3) is 5.91 Å². The number of hydrogen-bond donors (Lipinski definition) is 1. The van der Waals surface area contributed by atoms with Crippen molar-refractivity contribution in [1.82, 2.24) is 9.80 Å². The Bertz CT molecular complexity index is 684. The number of carbonyl (C=O) groups is 1. The number of aliphatic hydroxyl groups excluding tert-OH is 1. The van der Waals surface area contributed by atoms with E-state index >= 15 is 0 Å². The van der Waals surface area contributed by atoms with E-state index in [1.54, 1.807) is 6.07 Å². The van der Waals surface area contributed by atoms with Crippen LogP contribution in [0.25, 0.3) is 0 Å². The normalized spacial score (nSPS) is 30.7. The summed E-state index contributed by atoms with van der Waals surface area (Å²) in [7, 11) is 0. The number of amides is 1. The first-order valence-corrected chi connectivity index (χ1v) is 10.5. The first-order valence-electron chi connectivity index (χ1n) is 10.1. The van der Waals surface area contributed by atoms with Crippen molar-refractivity contribution in [2.45, 2.75) is 44.7 Å². The zero-order valence-electron chi connectivity index (χ0n) is 15.9. The number of halogens is 1. The van der Waals surface area contributed by atoms with Crippen LogP contribution in [0.1, 0.15) is 31.2 Å². The number of aliphatic hydroxyl groups is 1. The molecule has 6 heteroatoms. The van der Waals surface area contributed by atoms with E-state index < -0.39 is 0 Å². The maximum Gasteiger partial charge on any atom is 0.260 e. The van der Waals surface area contributed by atoms with Crippen LogP contribution in [0.4, 0.5) is 0 Å². The number of likely N-dealkylation sites (tertiary alicyclic amines) is 1. The second kappa shape index (κ2) is 7.98. The van der Waals surface area contributed by atoms with Crippen LogP contribution in [0.15, 0.2) is 18.2 Å². The molecule has 148 valence electrons. The van der Waals surface area contributed by atoms with Gasteiger partial charge in [-0.3, -0.25) is 9.69 Å². The molecular formula is C21H29ClN2O3. The van der Waals surface area contributed by atoms with Crippen molar-refractivity contribution >= 4 is 17.5 Å². The minimum Gasteiger partial charge on any atom is -0.483 e. The predicted octanol–water partition coefficient (Wildman–Crippen LogP) is 2.72. The Balaban J connectivity index is 1.41. The molecule has 0 unspecified atom stereocenters. The molecule has 4 atom stereocenters. The van der Waals surface area contributed by atoms with Gasteiger partial charge in [-0.2, -0.15) is 0 Å². The molecule has 0 aromatic heterocycles. The van der Waals surface area contributed by atoms with Gasteiger partial charge in [0.05, 0.1) is 6.61 Å². The topological polar surface area (TPSA) is 53.0 Å². The number of benzene rings is 1. The molecule has 1 amide bonds. The summed E-state index contributed by atoms with van der Waals surface area (Å²) in [4.78, 5) is 17.3. The third kappa shape index (κ3) is 3.82. The Morgan fingerprint density at radius 1 is 1.30 bits per heavy atom. The highest BCUT2D eigenvalue weighted by molar-refractivity contribution is 6.30. The maximum absolute atomic E-state index is 12.8. The second-order valence-electron chi connectivity index (χ2n) is 8.30. The van der Waals surface area contributed by atoms with Gasteiger partial charge in [-0.15, -0.1) is 0 Å². The Labute approximate surface area is 166 Å². The van der Waals surface area contributed by atoms with Crippen LogP contribution >= 0.6 is 11.6 Å². The third-order valence-electron chi connectivity index (χ3n) is 6.65. The van der Waals surface area contributed by atoms with Gasteiger partial charge in [0.1, 0.15) is 5.75 Å². The standard InChI is InChI=1S/C21H29ClN2O3/c1-14-8-17(22)5-6-20(14)27-13-21(26)23-10-15-9-16(11-23)19(12-25)24-7-3-2-4-18(15)24/h5-6,8,15-16,18-19,25H,2-4,7,9-13H2,1H3/t15-,16+,18+,19+/m1/s1. The molecule has 27 heavy (non-hydrogen) atoms. The van der Waals surface area contributed by atoms with Crippen LogP contribution in [-0.2, 0) is 4.79 Å². The summed E-state index contributed by atoms with van der Waals surface area (Å²) in [5.41, 5.74) is 0.934. The molecule has 5 nitrogen and oxygen atoms in total. The van der Waals surface area contributed by atoms with Gasteiger partial charge in [-0.25, -0.2) is 0 Å². The Morgan fingerprint density at radius 3 is 2.89 bits per heavy atom. The number of hydrogen-bond acceptors (Lipinski definition) is 4. The van der Waals surface area contributed by atoms with E-state index in [4.69, 9.17) is 16.3 Å². The molecule has 3 aliphatic rings. The Kier molecular flexibility index (Phi) is 5.62. The molecule has 2 bridgehead atoms. The molecule has 3 saturated heterocycles. The van der Waals surface area contributed by atoms with Crippen molar-refractivity contribution in [2.75, 3.05) is 32.8 Å². The lowest BCUT2D eigenvalue weighted by Gasteiger charge is -2.56. The SMILES string of the molecule is Cc1cc(Cl)ccc1OCC(=O)N1C[C@H]2C[C@@H](C1)[C@H](CO)N1CCCC[C@@H]21. The molecule has 3 aliphatic heterocycles. The number of ether oxygens (including phenoxy) is 1. The van der Waals surface area contributed by atoms with Crippen molar-refractivity contribution in [2.24, 2.45) is 11.8 Å². The van der Waals surface area contributed by atoms with E-state index in [0.717, 1.165) is 31.6 Å². The van der Waals surface area contributed by atoms with Crippen LogP contribution in [0.2, 0.25) is 5.02 Å². The summed E-state index contributed by atoms with van der Waals surface area (Å²) < 4.78 is 5.78. The van der Waals surface area contributed by atoms with Gasteiger partial charge < -0.3 is 14.7 Å². The van der Waals surface area contributed by atoms with Crippen LogP contribution in [0.5, 0.6) is 5.75 Å². The summed E-state index contributed by atoms with van der Waals surface area (Å²) in [5, 5.41) is 10.7. The van der Waals surface area contributed by atoms with E-state index in [0.29, 0.717) is 28.6 Å². The van der Waals surface area contributed by atoms with Crippen molar-refractivity contribution < 1.29 is 14.6 Å². The zero-order valence-corrected chi connectivity index (χ0v) is 16.7. The molecule has 1 N–H and O–H groups in total. The molecule has 1 aromatic rings. The zero-order chi connectivity index (χ0) is 19.0. The molecular weight excluding hydrogens is 364 g/mol. The molecule has 0 aliphatic carbocycles. The fraction of sp³-hybridized carbons (Fsp3) is 0.667. The smallest absolute Gasteiger partial charge is 0.260 e. The second-order valence-corrected chi connectivity index (χ2v) is 8.74. The average molecular weight is 393 g/mol. The van der Waals surface area contributed by atoms with Gasteiger partial charge in [-0.05, 0) is 68.3 Å². The van der Waals surface area contributed by atoms with Crippen LogP contribution in [-0.4, -0.2) is 65.7 Å². The van der Waals surface area contributed by atoms with Crippen molar-refractivity contribution in [3.05, 3.63) is 28.8 Å². The fourth-order valence-corrected chi connectivity index (χ4v) is 5.59. The summed E-state index contributed by atoms with van der Waals surface area (Å²) >= 11 is 5.98. The summed E-state index contributed by atoms with van der Waals surface area (Å²) in [6.07, 6.45) is 4.81. The molecule has 0 saturated carbocycles. The van der Waals surface area contributed by atoms with Gasteiger partial charge in [-0.1, -0.05) is 18.0 Å². The maximum atomic E-state index is 12.8. The molecule has 3 fully saturated rings. The summed E-state index contributed by atoms with van der Waals surface area (Å²) in [6, 6.07) is 6.15. The Hall–Kier alpha value is -1.30. The molecule has 1 aromatic carbocycles. The van der Waals surface area contributed by atoms with Crippen molar-refractivity contribution in [3.8, 4) is 5.75 Å². The number of nitrogens with zero attached hydrogens (tertiary/aromatic N) is 2. The van der Waals surface area contributed by atoms with E-state index in [9.17, 15) is 9.90 Å². The number of piperidine rings is 3. The lowest BCUT2D eigenvalue weighted by molar-refractivity contribution is -0.144. The number of aryl methyl sites for hydroxylation is 1. The third-order valence-corrected chi connectivity index (χ3v) is 6.88. The largest absolute Gasteiger partial charge is 0.483 e. The van der Waals surface area contributed by atoms with E-state index in [2.05, 4.69) is 4.90 Å². The van der Waals surface area contributed by atoms with Crippen LogP contribution < -0.4 is 4.74 Å². The summed E-state index contributed by atoms with van der Waals surface area (Å²) in [6.45, 7) is 4.82. The van der Waals surface area contributed by atoms with Gasteiger partial charge in [0, 0.05) is 30.2 Å². The molecule has 0 radical (unpaired) electrons. The lowest BCUT2D eigenvalue weighted by atomic mass is 9.72. The van der Waals surface area contributed by atoms with Crippen molar-refractivity contribution in [1.29, 1.82) is 0 Å². The monoisotopic (exact) mass is 392 g/mol. The first-order chi connectivity index (χ1) is 13.1. The predicted molar refractivity (Wildman–Crippen MR) is 105 cm³/mol. The van der Waals surface area contributed by atoms with E-state index in [1.807, 2.05) is 24.0 Å². The minimum atomic E-state index is 0.0417. The number of carbonyl (C=O) groups excluding carboxylic acids is 1. The minimum absolute atomic E-state index is 0.0417. The van der Waals surface area contributed by atoms with Crippen LogP contribution in [0.3, 0.4) is 0 Å². The quantitative estimate of drug-likeness (QED) is 0.856. The molecule has 0 spiro atoms. The fourth-order valence-electron chi connectivity index (χ4n) is 5.37. The highest BCUT2D eigenvalue weighted by Gasteiger charge is 2.47. The first kappa shape index (κ1) is 19.0. The number of fused-ring (bicyclic) bond motifs is 4. The van der Waals surface area contributed by atoms with Crippen molar-refractivity contribution in [3.63, 3.8) is 0 Å². The number of rotatable bonds is 4. The summed E-state index contributed by atoms with van der Waals surface area (Å²) in [5.74, 6) is 1.63. The molecule has 3 heterocycles. The van der Waals surface area contributed by atoms with Gasteiger partial charge >= 0.3 is 0 Å². The van der Waals surface area contributed by atoms with Gasteiger partial charge in [0.15, 0.2) is 6.61 Å². The average Bonchev–Trinajstić information content (AvgIpc) is 2.67. The van der Waals surface area contributed by atoms with Crippen LogP contribution in [0, 0.1) is 18.8 Å². The highest BCUT2D eigenvalue weighted by atomic mass is 35.5. The highest BCUT2D eigenvalue weighted by Crippen LogP contribution is 2.41. The Morgan fingerprint density at radius 2 is 2.11 bits per heavy atom. The van der Waals surface area contributed by atoms with E-state index in [1.165, 1.54) is 19.3 Å². The molecule has 4 rings (SSSR count). The van der Waals surface area contributed by atoms with E-state index in [-0.39, 0.29) is 25.2 Å². The lowest BCUT2D eigenvalue weighted by Crippen LogP contribution is -2.65.